The third-order valence-electron chi connectivity index (χ3n) is 4.58. The number of carbonyl (C=O) groups is 1. The highest BCUT2D eigenvalue weighted by atomic mass is 16.1. The van der Waals surface area contributed by atoms with Crippen molar-refractivity contribution in [3.63, 3.8) is 0 Å². The fraction of sp³-hybridized carbons (Fsp3) is 0.200. The Labute approximate surface area is 178 Å². The number of nitrogens with zero attached hydrogens (tertiary/aromatic N) is 6. The summed E-state index contributed by atoms with van der Waals surface area (Å²) in [5.74, 6) is 2.15. The Balaban J connectivity index is 1.34. The lowest BCUT2D eigenvalue weighted by Crippen LogP contribution is -2.23. The molecule has 3 heterocycles. The average Bonchev–Trinajstić information content (AvgIpc) is 3.41. The minimum Gasteiger partial charge on any atom is -0.388 e. The molecule has 31 heavy (non-hydrogen) atoms. The van der Waals surface area contributed by atoms with Gasteiger partial charge in [-0.15, -0.1) is 10.2 Å². The summed E-state index contributed by atoms with van der Waals surface area (Å²) >= 11 is 0. The molecule has 0 aliphatic rings. The van der Waals surface area contributed by atoms with Gasteiger partial charge >= 0.3 is 0 Å². The Morgan fingerprint density at radius 3 is 2.65 bits per heavy atom. The number of hydrogen-bond acceptors (Lipinski definition) is 8. The van der Waals surface area contributed by atoms with Crippen molar-refractivity contribution in [1.29, 1.82) is 0 Å². The van der Waals surface area contributed by atoms with E-state index in [0.29, 0.717) is 35.5 Å². The van der Waals surface area contributed by atoms with Crippen LogP contribution in [0.1, 0.15) is 11.6 Å². The van der Waals surface area contributed by atoms with Gasteiger partial charge in [-0.2, -0.15) is 5.10 Å². The van der Waals surface area contributed by atoms with Gasteiger partial charge in [-0.1, -0.05) is 6.07 Å². The number of anilines is 3. The van der Waals surface area contributed by atoms with E-state index in [1.54, 1.807) is 10.8 Å². The van der Waals surface area contributed by atoms with E-state index in [1.165, 1.54) is 0 Å². The van der Waals surface area contributed by atoms with E-state index in [2.05, 4.69) is 46.3 Å². The van der Waals surface area contributed by atoms with E-state index in [9.17, 15) is 4.79 Å². The number of aromatic nitrogens is 7. The highest BCUT2D eigenvalue weighted by Gasteiger charge is 2.14. The Morgan fingerprint density at radius 2 is 1.90 bits per heavy atom. The predicted molar refractivity (Wildman–Crippen MR) is 117 cm³/mol. The summed E-state index contributed by atoms with van der Waals surface area (Å²) in [6.07, 6.45) is 2.11. The van der Waals surface area contributed by atoms with Crippen LogP contribution >= 0.6 is 0 Å². The topological polar surface area (TPSA) is 138 Å². The van der Waals surface area contributed by atoms with Crippen LogP contribution in [-0.4, -0.2) is 54.4 Å². The molecule has 0 saturated carbocycles. The first-order valence-corrected chi connectivity index (χ1v) is 9.65. The van der Waals surface area contributed by atoms with E-state index in [4.69, 9.17) is 0 Å². The monoisotopic (exact) mass is 418 g/mol. The first-order chi connectivity index (χ1) is 15.1. The second-order valence-electron chi connectivity index (χ2n) is 6.73. The van der Waals surface area contributed by atoms with E-state index >= 15 is 0 Å². The predicted octanol–water partition coefficient (Wildman–Crippen LogP) is 1.68. The van der Waals surface area contributed by atoms with Gasteiger partial charge in [0.15, 0.2) is 5.82 Å². The third kappa shape index (κ3) is 4.83. The van der Waals surface area contributed by atoms with Crippen LogP contribution in [0.3, 0.4) is 0 Å². The first kappa shape index (κ1) is 20.0. The zero-order valence-corrected chi connectivity index (χ0v) is 17.1. The fourth-order valence-corrected chi connectivity index (χ4v) is 2.89. The van der Waals surface area contributed by atoms with Gasteiger partial charge in [0.2, 0.25) is 11.9 Å². The SMILES string of the molecule is CNc1ccc(NC(=O)CNc2nnc(Cc3nc(-c4ccccn4)n[nH]3)n2C)cc1. The maximum Gasteiger partial charge on any atom is 0.243 e. The van der Waals surface area contributed by atoms with Gasteiger partial charge in [-0.25, -0.2) is 4.98 Å². The van der Waals surface area contributed by atoms with Crippen LogP contribution < -0.4 is 16.0 Å². The molecule has 1 aromatic carbocycles. The Kier molecular flexibility index (Phi) is 5.83. The second kappa shape index (κ2) is 9.03. The number of benzene rings is 1. The smallest absolute Gasteiger partial charge is 0.243 e. The Morgan fingerprint density at radius 1 is 1.10 bits per heavy atom. The first-order valence-electron chi connectivity index (χ1n) is 9.65. The summed E-state index contributed by atoms with van der Waals surface area (Å²) in [5.41, 5.74) is 2.39. The highest BCUT2D eigenvalue weighted by Crippen LogP contribution is 2.14. The lowest BCUT2D eigenvalue weighted by atomic mass is 10.3. The summed E-state index contributed by atoms with van der Waals surface area (Å²) in [4.78, 5) is 20.9. The van der Waals surface area contributed by atoms with Crippen LogP contribution in [0, 0.1) is 0 Å². The second-order valence-corrected chi connectivity index (χ2v) is 6.73. The molecular formula is C20H22N10O. The van der Waals surface area contributed by atoms with Gasteiger partial charge in [0.1, 0.15) is 17.3 Å². The lowest BCUT2D eigenvalue weighted by molar-refractivity contribution is -0.114. The standard InChI is InChI=1S/C20H22N10O/c1-21-13-6-8-14(9-7-13)24-18(31)12-23-20-29-27-17(30(20)2)11-16-25-19(28-26-16)15-5-3-4-10-22-15/h3-10,21H,11-12H2,1-2H3,(H,23,29)(H,24,31)(H,25,26,28). The van der Waals surface area contributed by atoms with Crippen molar-refractivity contribution >= 4 is 23.2 Å². The number of H-pyrrole nitrogens is 1. The average molecular weight is 418 g/mol. The lowest BCUT2D eigenvalue weighted by Gasteiger charge is -2.08. The maximum absolute atomic E-state index is 12.2. The minimum atomic E-state index is -0.183. The molecule has 11 heteroatoms. The maximum atomic E-state index is 12.2. The van der Waals surface area contributed by atoms with Crippen LogP contribution in [0.4, 0.5) is 17.3 Å². The Bertz CT molecular complexity index is 1150. The molecule has 0 saturated heterocycles. The van der Waals surface area contributed by atoms with Crippen molar-refractivity contribution < 1.29 is 4.79 Å². The van der Waals surface area contributed by atoms with Gasteiger partial charge in [-0.05, 0) is 36.4 Å². The number of pyridine rings is 1. The van der Waals surface area contributed by atoms with Crippen molar-refractivity contribution in [2.75, 3.05) is 29.5 Å². The number of rotatable bonds is 8. The summed E-state index contributed by atoms with van der Waals surface area (Å²) in [6.45, 7) is 0.0614. The number of amides is 1. The summed E-state index contributed by atoms with van der Waals surface area (Å²) in [7, 11) is 3.66. The van der Waals surface area contributed by atoms with Crippen molar-refractivity contribution in [3.05, 3.63) is 60.3 Å². The molecule has 0 aliphatic carbocycles. The van der Waals surface area contributed by atoms with E-state index in [-0.39, 0.29) is 12.5 Å². The van der Waals surface area contributed by atoms with Crippen molar-refractivity contribution in [3.8, 4) is 11.5 Å². The number of nitrogens with one attached hydrogen (secondary N) is 4. The molecule has 0 atom stereocenters. The van der Waals surface area contributed by atoms with Gasteiger partial charge in [-0.3, -0.25) is 14.9 Å². The molecule has 0 bridgehead atoms. The van der Waals surface area contributed by atoms with E-state index in [1.807, 2.05) is 56.6 Å². The van der Waals surface area contributed by atoms with Crippen LogP contribution in [0.15, 0.2) is 48.7 Å². The molecule has 0 fully saturated rings. The minimum absolute atomic E-state index is 0.0614. The molecule has 3 aromatic heterocycles. The van der Waals surface area contributed by atoms with Crippen molar-refractivity contribution in [1.82, 2.24) is 34.9 Å². The molecule has 0 unspecified atom stereocenters. The summed E-state index contributed by atoms with van der Waals surface area (Å²) < 4.78 is 1.78. The quantitative estimate of drug-likeness (QED) is 0.339. The molecule has 11 nitrogen and oxygen atoms in total. The van der Waals surface area contributed by atoms with Crippen LogP contribution in [0.2, 0.25) is 0 Å². The van der Waals surface area contributed by atoms with E-state index in [0.717, 1.165) is 11.4 Å². The molecule has 4 N–H and O–H groups in total. The van der Waals surface area contributed by atoms with Gasteiger partial charge in [0, 0.05) is 31.7 Å². The zero-order chi connectivity index (χ0) is 21.6. The molecule has 1 amide bonds. The molecule has 4 aromatic rings. The number of hydrogen-bond donors (Lipinski definition) is 4. The van der Waals surface area contributed by atoms with Crippen LogP contribution in [0.5, 0.6) is 0 Å². The molecule has 4 rings (SSSR count). The number of carbonyl (C=O) groups excluding carboxylic acids is 1. The normalized spacial score (nSPS) is 10.6. The zero-order valence-electron chi connectivity index (χ0n) is 17.1. The largest absolute Gasteiger partial charge is 0.388 e. The van der Waals surface area contributed by atoms with Gasteiger partial charge in [0.05, 0.1) is 13.0 Å². The van der Waals surface area contributed by atoms with E-state index < -0.39 is 0 Å². The molecule has 0 radical (unpaired) electrons. The fourth-order valence-electron chi connectivity index (χ4n) is 2.89. The van der Waals surface area contributed by atoms with Crippen LogP contribution in [-0.2, 0) is 18.3 Å². The van der Waals surface area contributed by atoms with Crippen molar-refractivity contribution in [2.24, 2.45) is 7.05 Å². The number of aromatic amines is 1. The Hall–Kier alpha value is -4.28. The summed E-state index contributed by atoms with van der Waals surface area (Å²) in [6, 6.07) is 13.0. The molecule has 158 valence electrons. The third-order valence-corrected chi connectivity index (χ3v) is 4.58. The van der Waals surface area contributed by atoms with Gasteiger partial charge < -0.3 is 20.5 Å². The van der Waals surface area contributed by atoms with Gasteiger partial charge in [0.25, 0.3) is 0 Å². The summed E-state index contributed by atoms with van der Waals surface area (Å²) in [5, 5.41) is 24.3. The highest BCUT2D eigenvalue weighted by molar-refractivity contribution is 5.93. The van der Waals surface area contributed by atoms with Crippen molar-refractivity contribution in [2.45, 2.75) is 6.42 Å². The molecular weight excluding hydrogens is 396 g/mol. The van der Waals surface area contributed by atoms with Crippen LogP contribution in [0.25, 0.3) is 11.5 Å². The molecule has 0 aliphatic heterocycles. The molecule has 0 spiro atoms.